The lowest BCUT2D eigenvalue weighted by molar-refractivity contribution is -0.0629. The first-order valence-corrected chi connectivity index (χ1v) is 6.12. The van der Waals surface area contributed by atoms with Crippen LogP contribution in [-0.2, 0) is 0 Å². The van der Waals surface area contributed by atoms with Gasteiger partial charge in [0.15, 0.2) is 0 Å². The molecule has 0 aromatic carbocycles. The average molecular weight is 196 g/mol. The van der Waals surface area contributed by atoms with Gasteiger partial charge < -0.3 is 5.11 Å². The maximum Gasteiger partial charge on any atom is 0.0487 e. The summed E-state index contributed by atoms with van der Waals surface area (Å²) in [5, 5.41) is 9.56. The molecular formula is C13H24O. The fraction of sp³-hybridized carbons (Fsp3) is 1.00. The molecule has 0 saturated heterocycles. The van der Waals surface area contributed by atoms with Crippen molar-refractivity contribution in [1.82, 2.24) is 0 Å². The quantitative estimate of drug-likeness (QED) is 0.719. The second kappa shape index (κ2) is 2.98. The highest BCUT2D eigenvalue weighted by molar-refractivity contribution is 5.12. The van der Waals surface area contributed by atoms with Crippen LogP contribution in [0.25, 0.3) is 0 Å². The zero-order chi connectivity index (χ0) is 10.6. The maximum atomic E-state index is 9.56. The van der Waals surface area contributed by atoms with E-state index in [-0.39, 0.29) is 5.41 Å². The van der Waals surface area contributed by atoms with Crippen LogP contribution in [0.5, 0.6) is 0 Å². The van der Waals surface area contributed by atoms with Crippen LogP contribution < -0.4 is 0 Å². The summed E-state index contributed by atoms with van der Waals surface area (Å²) in [4.78, 5) is 0. The largest absolute Gasteiger partial charge is 0.396 e. The molecule has 0 aliphatic heterocycles. The molecular weight excluding hydrogens is 172 g/mol. The second-order valence-electron chi connectivity index (χ2n) is 6.04. The lowest BCUT2D eigenvalue weighted by Crippen LogP contribution is -2.48. The second-order valence-corrected chi connectivity index (χ2v) is 6.04. The number of rotatable bonds is 2. The molecule has 1 heteroatoms. The van der Waals surface area contributed by atoms with Crippen molar-refractivity contribution in [1.29, 1.82) is 0 Å². The molecule has 1 N–H and O–H groups in total. The summed E-state index contributed by atoms with van der Waals surface area (Å²) in [6.07, 6.45) is 3.95. The number of hydrogen-bond donors (Lipinski definition) is 1. The Labute approximate surface area is 87.9 Å². The van der Waals surface area contributed by atoms with Gasteiger partial charge in [-0.3, -0.25) is 0 Å². The highest BCUT2D eigenvalue weighted by Crippen LogP contribution is 2.70. The van der Waals surface area contributed by atoms with Gasteiger partial charge in [-0.15, -0.1) is 0 Å². The molecule has 82 valence electrons. The first kappa shape index (κ1) is 10.5. The van der Waals surface area contributed by atoms with E-state index in [0.717, 1.165) is 11.8 Å². The Morgan fingerprint density at radius 3 is 2.36 bits per heavy atom. The van der Waals surface area contributed by atoms with Gasteiger partial charge >= 0.3 is 0 Å². The molecule has 5 atom stereocenters. The zero-order valence-electron chi connectivity index (χ0n) is 10.0. The third-order valence-corrected chi connectivity index (χ3v) is 5.85. The van der Waals surface area contributed by atoms with E-state index in [1.807, 2.05) is 0 Å². The predicted molar refractivity (Wildman–Crippen MR) is 59.0 cm³/mol. The summed E-state index contributed by atoms with van der Waals surface area (Å²) in [5.41, 5.74) is 0.767. The minimum Gasteiger partial charge on any atom is -0.396 e. The maximum absolute atomic E-state index is 9.56. The molecule has 2 saturated carbocycles. The zero-order valence-corrected chi connectivity index (χ0v) is 10.0. The fourth-order valence-corrected chi connectivity index (χ4v) is 4.69. The Kier molecular flexibility index (Phi) is 2.23. The van der Waals surface area contributed by atoms with Gasteiger partial charge in [-0.1, -0.05) is 27.7 Å². The minimum absolute atomic E-state index is 0.200. The lowest BCUT2D eigenvalue weighted by atomic mass is 9.50. The van der Waals surface area contributed by atoms with Crippen LogP contribution in [0.4, 0.5) is 0 Å². The van der Waals surface area contributed by atoms with E-state index < -0.39 is 0 Å². The van der Waals surface area contributed by atoms with Crippen LogP contribution in [0.2, 0.25) is 0 Å². The number of hydrogen-bond acceptors (Lipinski definition) is 1. The third-order valence-electron chi connectivity index (χ3n) is 5.85. The summed E-state index contributed by atoms with van der Waals surface area (Å²) >= 11 is 0. The van der Waals surface area contributed by atoms with Gasteiger partial charge in [0.25, 0.3) is 0 Å². The predicted octanol–water partition coefficient (Wildman–Crippen LogP) is 3.08. The third kappa shape index (κ3) is 0.946. The standard InChI is InChI=1S/C13H24O/c1-5-13-9(2)6-11(13)7-12(4,8-14)10(13)3/h9-11,14H,5-8H2,1-4H3. The molecule has 2 aliphatic carbocycles. The van der Waals surface area contributed by atoms with Gasteiger partial charge in [0.1, 0.15) is 0 Å². The molecule has 2 fully saturated rings. The Bertz CT molecular complexity index is 237. The summed E-state index contributed by atoms with van der Waals surface area (Å²) in [6, 6.07) is 0. The van der Waals surface area contributed by atoms with Crippen LogP contribution in [-0.4, -0.2) is 11.7 Å². The molecule has 0 aromatic rings. The Balaban J connectivity index is 2.30. The molecule has 0 heterocycles. The SMILES string of the molecule is CCC12C(C)CC1CC(C)(CO)C2C. The molecule has 2 rings (SSSR count). The molecule has 2 aliphatic rings. The molecule has 14 heavy (non-hydrogen) atoms. The van der Waals surface area contributed by atoms with Gasteiger partial charge in [0.05, 0.1) is 0 Å². The van der Waals surface area contributed by atoms with Crippen LogP contribution in [0.1, 0.15) is 47.0 Å². The molecule has 0 spiro atoms. The van der Waals surface area contributed by atoms with E-state index in [0.29, 0.717) is 17.9 Å². The van der Waals surface area contributed by atoms with E-state index in [2.05, 4.69) is 27.7 Å². The van der Waals surface area contributed by atoms with Crippen molar-refractivity contribution in [3.05, 3.63) is 0 Å². The van der Waals surface area contributed by atoms with Gasteiger partial charge in [-0.05, 0) is 47.8 Å². The highest BCUT2D eigenvalue weighted by atomic mass is 16.3. The lowest BCUT2D eigenvalue weighted by Gasteiger charge is -2.54. The molecule has 0 bridgehead atoms. The minimum atomic E-state index is 0.200. The summed E-state index contributed by atoms with van der Waals surface area (Å²) < 4.78 is 0. The van der Waals surface area contributed by atoms with Gasteiger partial charge in [0.2, 0.25) is 0 Å². The van der Waals surface area contributed by atoms with Crippen molar-refractivity contribution in [2.24, 2.45) is 28.6 Å². The molecule has 5 unspecified atom stereocenters. The van der Waals surface area contributed by atoms with Crippen LogP contribution in [0, 0.1) is 28.6 Å². The van der Waals surface area contributed by atoms with Crippen LogP contribution >= 0.6 is 0 Å². The normalized spacial score (nSPS) is 56.8. The van der Waals surface area contributed by atoms with Crippen LogP contribution in [0.3, 0.4) is 0 Å². The number of fused-ring (bicyclic) bond motifs is 1. The topological polar surface area (TPSA) is 20.2 Å². The molecule has 0 amide bonds. The van der Waals surface area contributed by atoms with E-state index >= 15 is 0 Å². The van der Waals surface area contributed by atoms with Crippen molar-refractivity contribution in [2.45, 2.75) is 47.0 Å². The number of aliphatic hydroxyl groups is 1. The molecule has 0 aromatic heterocycles. The molecule has 1 nitrogen and oxygen atoms in total. The monoisotopic (exact) mass is 196 g/mol. The summed E-state index contributed by atoms with van der Waals surface area (Å²) in [5.74, 6) is 2.47. The van der Waals surface area contributed by atoms with Crippen molar-refractivity contribution >= 4 is 0 Å². The van der Waals surface area contributed by atoms with Crippen molar-refractivity contribution in [2.75, 3.05) is 6.61 Å². The van der Waals surface area contributed by atoms with Crippen LogP contribution in [0.15, 0.2) is 0 Å². The van der Waals surface area contributed by atoms with E-state index in [1.54, 1.807) is 0 Å². The van der Waals surface area contributed by atoms with Gasteiger partial charge in [0, 0.05) is 6.61 Å². The fourth-order valence-electron chi connectivity index (χ4n) is 4.69. The number of aliphatic hydroxyl groups excluding tert-OH is 1. The highest BCUT2D eigenvalue weighted by Gasteiger charge is 2.64. The Morgan fingerprint density at radius 1 is 1.36 bits per heavy atom. The Morgan fingerprint density at radius 2 is 2.00 bits per heavy atom. The van der Waals surface area contributed by atoms with Crippen molar-refractivity contribution in [3.63, 3.8) is 0 Å². The Hall–Kier alpha value is -0.0400. The van der Waals surface area contributed by atoms with E-state index in [9.17, 15) is 5.11 Å². The smallest absolute Gasteiger partial charge is 0.0487 e. The van der Waals surface area contributed by atoms with E-state index in [4.69, 9.17) is 0 Å². The first-order chi connectivity index (χ1) is 6.51. The summed E-state index contributed by atoms with van der Waals surface area (Å²) in [6.45, 7) is 9.76. The van der Waals surface area contributed by atoms with E-state index in [1.165, 1.54) is 19.3 Å². The van der Waals surface area contributed by atoms with Gasteiger partial charge in [-0.25, -0.2) is 0 Å². The van der Waals surface area contributed by atoms with Crippen molar-refractivity contribution in [3.8, 4) is 0 Å². The first-order valence-electron chi connectivity index (χ1n) is 6.12. The van der Waals surface area contributed by atoms with Crippen molar-refractivity contribution < 1.29 is 5.11 Å². The summed E-state index contributed by atoms with van der Waals surface area (Å²) in [7, 11) is 0. The molecule has 0 radical (unpaired) electrons. The average Bonchev–Trinajstić information content (AvgIpc) is 2.34. The van der Waals surface area contributed by atoms with Gasteiger partial charge in [-0.2, -0.15) is 0 Å².